The van der Waals surface area contributed by atoms with Gasteiger partial charge in [0.25, 0.3) is 0 Å². The molecule has 0 saturated carbocycles. The quantitative estimate of drug-likeness (QED) is 0.727. The number of hydrogen-bond acceptors (Lipinski definition) is 2. The van der Waals surface area contributed by atoms with Crippen molar-refractivity contribution in [3.63, 3.8) is 0 Å². The minimum Gasteiger partial charge on any atom is -0.329 e. The summed E-state index contributed by atoms with van der Waals surface area (Å²) in [5, 5.41) is 4.03. The first-order chi connectivity index (χ1) is 9.31. The Morgan fingerprint density at radius 1 is 1.40 bits per heavy atom. The summed E-state index contributed by atoms with van der Waals surface area (Å²) in [7, 11) is 0. The predicted molar refractivity (Wildman–Crippen MR) is 70.2 cm³/mol. The zero-order valence-corrected chi connectivity index (χ0v) is 10.8. The summed E-state index contributed by atoms with van der Waals surface area (Å²) in [4.78, 5) is 11.3. The number of nitrogens with one attached hydrogen (secondary N) is 2. The number of halogens is 3. The fourth-order valence-electron chi connectivity index (χ4n) is 1.34. The Morgan fingerprint density at radius 3 is 2.70 bits per heavy atom. The van der Waals surface area contributed by atoms with Crippen molar-refractivity contribution in [2.45, 2.75) is 13.1 Å². The molecule has 20 heavy (non-hydrogen) atoms. The first kappa shape index (κ1) is 15.9. The van der Waals surface area contributed by atoms with Gasteiger partial charge in [0.1, 0.15) is 6.54 Å². The number of anilines is 1. The molecule has 108 valence electrons. The van der Waals surface area contributed by atoms with E-state index in [4.69, 9.17) is 5.73 Å². The summed E-state index contributed by atoms with van der Waals surface area (Å²) in [6.45, 7) is 0.641. The fourth-order valence-corrected chi connectivity index (χ4v) is 1.34. The van der Waals surface area contributed by atoms with Gasteiger partial charge in [-0.25, -0.2) is 4.79 Å². The maximum absolute atomic E-state index is 11.9. The van der Waals surface area contributed by atoms with Crippen molar-refractivity contribution in [2.24, 2.45) is 5.73 Å². The van der Waals surface area contributed by atoms with E-state index in [0.717, 1.165) is 5.56 Å². The predicted octanol–water partition coefficient (Wildman–Crippen LogP) is 1.99. The molecule has 1 aromatic rings. The van der Waals surface area contributed by atoms with Crippen LogP contribution in [0.4, 0.5) is 23.7 Å². The SMILES string of the molecule is Cc1ccc(NC(=O)NCC(F)(F)F)cc1C#CCN. The zero-order chi connectivity index (χ0) is 15.2. The third kappa shape index (κ3) is 5.63. The molecule has 0 fully saturated rings. The van der Waals surface area contributed by atoms with E-state index >= 15 is 0 Å². The van der Waals surface area contributed by atoms with Gasteiger partial charge in [-0.2, -0.15) is 13.2 Å². The molecule has 0 aliphatic rings. The van der Waals surface area contributed by atoms with Crippen LogP contribution in [0.3, 0.4) is 0 Å². The molecule has 2 amide bonds. The average Bonchev–Trinajstić information content (AvgIpc) is 2.36. The molecule has 0 saturated heterocycles. The van der Waals surface area contributed by atoms with Crippen molar-refractivity contribution in [2.75, 3.05) is 18.4 Å². The summed E-state index contributed by atoms with van der Waals surface area (Å²) < 4.78 is 35.8. The lowest BCUT2D eigenvalue weighted by atomic mass is 10.1. The van der Waals surface area contributed by atoms with E-state index in [0.29, 0.717) is 11.3 Å². The number of amides is 2. The highest BCUT2D eigenvalue weighted by Gasteiger charge is 2.27. The molecule has 4 N–H and O–H groups in total. The van der Waals surface area contributed by atoms with Crippen LogP contribution < -0.4 is 16.4 Å². The Bertz CT molecular complexity index is 544. The van der Waals surface area contributed by atoms with Crippen LogP contribution in [0.2, 0.25) is 0 Å². The van der Waals surface area contributed by atoms with E-state index in [2.05, 4.69) is 17.2 Å². The number of benzene rings is 1. The van der Waals surface area contributed by atoms with Crippen LogP contribution in [0.1, 0.15) is 11.1 Å². The molecule has 4 nitrogen and oxygen atoms in total. The van der Waals surface area contributed by atoms with E-state index < -0.39 is 18.8 Å². The molecular weight excluding hydrogens is 271 g/mol. The van der Waals surface area contributed by atoms with Gasteiger partial charge >= 0.3 is 12.2 Å². The maximum Gasteiger partial charge on any atom is 0.405 e. The lowest BCUT2D eigenvalue weighted by molar-refractivity contribution is -0.122. The highest BCUT2D eigenvalue weighted by molar-refractivity contribution is 5.89. The van der Waals surface area contributed by atoms with E-state index in [1.165, 1.54) is 0 Å². The second-order valence-corrected chi connectivity index (χ2v) is 3.96. The third-order valence-corrected chi connectivity index (χ3v) is 2.27. The van der Waals surface area contributed by atoms with Gasteiger partial charge in [0, 0.05) is 11.3 Å². The molecule has 1 aromatic carbocycles. The van der Waals surface area contributed by atoms with Crippen LogP contribution in [-0.2, 0) is 0 Å². The number of aryl methyl sites for hydroxylation is 1. The summed E-state index contributed by atoms with van der Waals surface area (Å²) >= 11 is 0. The van der Waals surface area contributed by atoms with Crippen LogP contribution in [0.25, 0.3) is 0 Å². The number of carbonyl (C=O) groups excluding carboxylic acids is 1. The Kier molecular flexibility index (Phi) is 5.41. The molecule has 0 heterocycles. The molecule has 0 radical (unpaired) electrons. The van der Waals surface area contributed by atoms with E-state index in [-0.39, 0.29) is 6.54 Å². The highest BCUT2D eigenvalue weighted by atomic mass is 19.4. The van der Waals surface area contributed by atoms with Gasteiger partial charge in [0.15, 0.2) is 0 Å². The average molecular weight is 285 g/mol. The van der Waals surface area contributed by atoms with E-state index in [1.54, 1.807) is 23.5 Å². The van der Waals surface area contributed by atoms with Gasteiger partial charge in [0.2, 0.25) is 0 Å². The maximum atomic E-state index is 11.9. The zero-order valence-electron chi connectivity index (χ0n) is 10.8. The van der Waals surface area contributed by atoms with Crippen molar-refractivity contribution >= 4 is 11.7 Å². The van der Waals surface area contributed by atoms with Crippen molar-refractivity contribution < 1.29 is 18.0 Å². The van der Waals surface area contributed by atoms with E-state index in [1.807, 2.05) is 6.92 Å². The number of urea groups is 1. The molecule has 0 spiro atoms. The Labute approximate surface area is 114 Å². The lowest BCUT2D eigenvalue weighted by Gasteiger charge is -2.10. The molecule has 0 aliphatic heterocycles. The molecule has 0 atom stereocenters. The number of alkyl halides is 3. The molecular formula is C13H14F3N3O. The number of carbonyl (C=O) groups is 1. The third-order valence-electron chi connectivity index (χ3n) is 2.27. The second kappa shape index (κ2) is 6.82. The summed E-state index contributed by atoms with van der Waals surface area (Å²) in [5.74, 6) is 5.49. The molecule has 7 heteroatoms. The Morgan fingerprint density at radius 2 is 2.10 bits per heavy atom. The van der Waals surface area contributed by atoms with Crippen molar-refractivity contribution in [1.82, 2.24) is 5.32 Å². The summed E-state index contributed by atoms with van der Waals surface area (Å²) in [6, 6.07) is 3.94. The van der Waals surface area contributed by atoms with Crippen LogP contribution in [0, 0.1) is 18.8 Å². The molecule has 0 aromatic heterocycles. The Balaban J connectivity index is 2.71. The minimum absolute atomic E-state index is 0.198. The standard InChI is InChI=1S/C13H14F3N3O/c1-9-4-5-11(7-10(9)3-2-6-17)19-12(20)18-8-13(14,15)16/h4-5,7H,6,8,17H2,1H3,(H2,18,19,20). The molecule has 0 aliphatic carbocycles. The van der Waals surface area contributed by atoms with Gasteiger partial charge in [-0.05, 0) is 24.6 Å². The van der Waals surface area contributed by atoms with Gasteiger partial charge in [0.05, 0.1) is 6.54 Å². The first-order valence-electron chi connectivity index (χ1n) is 5.73. The second-order valence-electron chi connectivity index (χ2n) is 3.96. The van der Waals surface area contributed by atoms with Crippen molar-refractivity contribution in [3.8, 4) is 11.8 Å². The smallest absolute Gasteiger partial charge is 0.329 e. The fraction of sp³-hybridized carbons (Fsp3) is 0.308. The number of nitrogens with two attached hydrogens (primary N) is 1. The highest BCUT2D eigenvalue weighted by Crippen LogP contribution is 2.15. The van der Waals surface area contributed by atoms with Crippen LogP contribution in [0.15, 0.2) is 18.2 Å². The summed E-state index contributed by atoms with van der Waals surface area (Å²) in [6.07, 6.45) is -4.44. The summed E-state index contributed by atoms with van der Waals surface area (Å²) in [5.41, 5.74) is 7.16. The van der Waals surface area contributed by atoms with Gasteiger partial charge in [-0.3, -0.25) is 0 Å². The van der Waals surface area contributed by atoms with Gasteiger partial charge in [-0.15, -0.1) is 0 Å². The molecule has 0 unspecified atom stereocenters. The molecule has 1 rings (SSSR count). The largest absolute Gasteiger partial charge is 0.405 e. The normalized spacial score (nSPS) is 10.4. The van der Waals surface area contributed by atoms with E-state index in [9.17, 15) is 18.0 Å². The minimum atomic E-state index is -4.44. The lowest BCUT2D eigenvalue weighted by Crippen LogP contribution is -2.36. The van der Waals surface area contributed by atoms with Crippen molar-refractivity contribution in [3.05, 3.63) is 29.3 Å². The number of hydrogen-bond donors (Lipinski definition) is 3. The Hall–Kier alpha value is -2.20. The molecule has 0 bridgehead atoms. The van der Waals surface area contributed by atoms with Crippen LogP contribution in [-0.4, -0.2) is 25.3 Å². The number of rotatable bonds is 2. The van der Waals surface area contributed by atoms with Gasteiger partial charge in [-0.1, -0.05) is 17.9 Å². The van der Waals surface area contributed by atoms with Crippen molar-refractivity contribution in [1.29, 1.82) is 0 Å². The monoisotopic (exact) mass is 285 g/mol. The van der Waals surface area contributed by atoms with Crippen LogP contribution >= 0.6 is 0 Å². The van der Waals surface area contributed by atoms with Gasteiger partial charge < -0.3 is 16.4 Å². The van der Waals surface area contributed by atoms with Crippen LogP contribution in [0.5, 0.6) is 0 Å². The topological polar surface area (TPSA) is 67.2 Å². The first-order valence-corrected chi connectivity index (χ1v) is 5.73.